The van der Waals surface area contributed by atoms with Crippen molar-refractivity contribution in [1.29, 1.82) is 0 Å². The maximum atomic E-state index is 11.8. The molecule has 1 aliphatic rings. The smallest absolute Gasteiger partial charge is 0.407 e. The molecule has 0 spiro atoms. The minimum atomic E-state index is -0.867. The summed E-state index contributed by atoms with van der Waals surface area (Å²) in [5, 5.41) is 12.4. The Morgan fingerprint density at radius 1 is 1.50 bits per heavy atom. The zero-order chi connectivity index (χ0) is 16.1. The number of nitrogens with zero attached hydrogens (tertiary/aromatic N) is 2. The highest BCUT2D eigenvalue weighted by Gasteiger charge is 2.22. The van der Waals surface area contributed by atoms with E-state index in [4.69, 9.17) is 9.84 Å². The molecular formula is C15H23N3O4. The summed E-state index contributed by atoms with van der Waals surface area (Å²) in [6.45, 7) is 6.48. The first-order valence-corrected chi connectivity index (χ1v) is 7.57. The molecular weight excluding hydrogens is 286 g/mol. The summed E-state index contributed by atoms with van der Waals surface area (Å²) >= 11 is 0. The van der Waals surface area contributed by atoms with E-state index in [0.717, 1.165) is 18.7 Å². The van der Waals surface area contributed by atoms with Gasteiger partial charge in [-0.2, -0.15) is 0 Å². The molecule has 1 atom stereocenters. The number of nitrogens with one attached hydrogen (secondary N) is 1. The topological polar surface area (TPSA) is 83.8 Å². The highest BCUT2D eigenvalue weighted by Crippen LogP contribution is 2.13. The number of rotatable bonds is 5. The molecule has 2 N–H and O–H groups in total. The average Bonchev–Trinajstić information content (AvgIpc) is 2.87. The van der Waals surface area contributed by atoms with Crippen molar-refractivity contribution in [2.24, 2.45) is 0 Å². The van der Waals surface area contributed by atoms with Crippen LogP contribution in [-0.4, -0.2) is 58.9 Å². The van der Waals surface area contributed by atoms with Crippen LogP contribution in [0.4, 0.5) is 4.79 Å². The van der Waals surface area contributed by atoms with E-state index < -0.39 is 6.09 Å². The molecule has 7 nitrogen and oxygen atoms in total. The molecule has 22 heavy (non-hydrogen) atoms. The van der Waals surface area contributed by atoms with Gasteiger partial charge in [-0.25, -0.2) is 9.59 Å². The Balaban J connectivity index is 1.92. The predicted molar refractivity (Wildman–Crippen MR) is 81.1 cm³/mol. The number of carbonyl (C=O) groups is 2. The van der Waals surface area contributed by atoms with Crippen molar-refractivity contribution in [2.45, 2.75) is 32.9 Å². The SMILES string of the molecule is CCOC(=O)c1ccn(CC[C@@H]2CN(C(=O)O)CCN2)c1C. The summed E-state index contributed by atoms with van der Waals surface area (Å²) in [7, 11) is 0. The molecule has 1 aliphatic heterocycles. The number of hydrogen-bond acceptors (Lipinski definition) is 4. The summed E-state index contributed by atoms with van der Waals surface area (Å²) in [5.74, 6) is -0.299. The highest BCUT2D eigenvalue weighted by atomic mass is 16.5. The van der Waals surface area contributed by atoms with Crippen molar-refractivity contribution in [3.8, 4) is 0 Å². The number of hydrogen-bond donors (Lipinski definition) is 2. The van der Waals surface area contributed by atoms with Crippen molar-refractivity contribution in [2.75, 3.05) is 26.2 Å². The quantitative estimate of drug-likeness (QED) is 0.801. The van der Waals surface area contributed by atoms with Crippen molar-refractivity contribution >= 4 is 12.1 Å². The van der Waals surface area contributed by atoms with E-state index in [0.29, 0.717) is 31.8 Å². The van der Waals surface area contributed by atoms with Gasteiger partial charge in [-0.3, -0.25) is 0 Å². The zero-order valence-electron chi connectivity index (χ0n) is 13.0. The van der Waals surface area contributed by atoms with Crippen molar-refractivity contribution in [1.82, 2.24) is 14.8 Å². The largest absolute Gasteiger partial charge is 0.465 e. The molecule has 7 heteroatoms. The molecule has 2 rings (SSSR count). The number of piperazine rings is 1. The lowest BCUT2D eigenvalue weighted by Crippen LogP contribution is -2.52. The highest BCUT2D eigenvalue weighted by molar-refractivity contribution is 5.90. The van der Waals surface area contributed by atoms with Gasteiger partial charge in [0, 0.05) is 44.1 Å². The number of aryl methyl sites for hydroxylation is 1. The summed E-state index contributed by atoms with van der Waals surface area (Å²) in [4.78, 5) is 24.2. The van der Waals surface area contributed by atoms with Gasteiger partial charge in [0.1, 0.15) is 0 Å². The first-order chi connectivity index (χ1) is 10.5. The minimum Gasteiger partial charge on any atom is -0.465 e. The van der Waals surface area contributed by atoms with Gasteiger partial charge in [0.05, 0.1) is 12.2 Å². The first kappa shape index (κ1) is 16.4. The van der Waals surface area contributed by atoms with Gasteiger partial charge < -0.3 is 24.6 Å². The zero-order valence-corrected chi connectivity index (χ0v) is 13.0. The van der Waals surface area contributed by atoms with Gasteiger partial charge in [0.2, 0.25) is 0 Å². The Morgan fingerprint density at radius 2 is 2.27 bits per heavy atom. The van der Waals surface area contributed by atoms with Crippen LogP contribution in [0.15, 0.2) is 12.3 Å². The van der Waals surface area contributed by atoms with Crippen molar-refractivity contribution in [3.05, 3.63) is 23.5 Å². The second-order valence-corrected chi connectivity index (χ2v) is 5.40. The van der Waals surface area contributed by atoms with Crippen LogP contribution in [0.2, 0.25) is 0 Å². The fraction of sp³-hybridized carbons (Fsp3) is 0.600. The molecule has 1 saturated heterocycles. The molecule has 0 bridgehead atoms. The lowest BCUT2D eigenvalue weighted by Gasteiger charge is -2.32. The standard InChI is InChI=1S/C15H23N3O4/c1-3-22-14(19)13-5-8-17(11(13)2)7-4-12-10-18(15(20)21)9-6-16-12/h5,8,12,16H,3-4,6-7,9-10H2,1-2H3,(H,20,21)/t12-/m1/s1. The van der Waals surface area contributed by atoms with Crippen LogP contribution in [0, 0.1) is 6.92 Å². The van der Waals surface area contributed by atoms with Crippen LogP contribution in [0.5, 0.6) is 0 Å². The fourth-order valence-electron chi connectivity index (χ4n) is 2.71. The second kappa shape index (κ2) is 7.31. The molecule has 0 radical (unpaired) electrons. The van der Waals surface area contributed by atoms with E-state index in [1.54, 1.807) is 13.0 Å². The third-order valence-electron chi connectivity index (χ3n) is 3.98. The van der Waals surface area contributed by atoms with E-state index >= 15 is 0 Å². The lowest BCUT2D eigenvalue weighted by atomic mass is 10.1. The Bertz CT molecular complexity index is 541. The fourth-order valence-corrected chi connectivity index (χ4v) is 2.71. The Morgan fingerprint density at radius 3 is 2.95 bits per heavy atom. The molecule has 0 aliphatic carbocycles. The van der Waals surface area contributed by atoms with Gasteiger partial charge in [-0.15, -0.1) is 0 Å². The predicted octanol–water partition coefficient (Wildman–Crippen LogP) is 1.32. The van der Waals surface area contributed by atoms with Gasteiger partial charge in [0.15, 0.2) is 0 Å². The van der Waals surface area contributed by atoms with E-state index in [1.807, 2.05) is 17.7 Å². The van der Waals surface area contributed by atoms with Gasteiger partial charge in [-0.05, 0) is 26.3 Å². The third-order valence-corrected chi connectivity index (χ3v) is 3.98. The number of carboxylic acid groups (broad SMARTS) is 1. The van der Waals surface area contributed by atoms with Crippen molar-refractivity contribution in [3.63, 3.8) is 0 Å². The van der Waals surface area contributed by atoms with Crippen LogP contribution in [0.1, 0.15) is 29.4 Å². The molecule has 122 valence electrons. The normalized spacial score (nSPS) is 18.3. The molecule has 0 unspecified atom stereocenters. The van der Waals surface area contributed by atoms with Gasteiger partial charge in [-0.1, -0.05) is 0 Å². The molecule has 0 aromatic carbocycles. The Labute approximate surface area is 129 Å². The number of ether oxygens (including phenoxy) is 1. The van der Waals surface area contributed by atoms with Crippen LogP contribution in [0.25, 0.3) is 0 Å². The van der Waals surface area contributed by atoms with E-state index in [2.05, 4.69) is 5.32 Å². The molecule has 0 saturated carbocycles. The third kappa shape index (κ3) is 3.79. The van der Waals surface area contributed by atoms with Crippen LogP contribution < -0.4 is 5.32 Å². The average molecular weight is 309 g/mol. The number of amides is 1. The molecule has 1 fully saturated rings. The summed E-state index contributed by atoms with van der Waals surface area (Å²) < 4.78 is 7.03. The Kier molecular flexibility index (Phi) is 5.43. The molecule has 1 aromatic heterocycles. The number of aromatic nitrogens is 1. The molecule has 2 heterocycles. The number of carbonyl (C=O) groups excluding carboxylic acids is 1. The molecule has 1 aromatic rings. The Hall–Kier alpha value is -2.02. The van der Waals surface area contributed by atoms with Gasteiger partial charge >= 0.3 is 12.1 Å². The minimum absolute atomic E-state index is 0.137. The van der Waals surface area contributed by atoms with E-state index in [1.165, 1.54) is 4.90 Å². The maximum Gasteiger partial charge on any atom is 0.407 e. The summed E-state index contributed by atoms with van der Waals surface area (Å²) in [6.07, 6.45) is 1.81. The van der Waals surface area contributed by atoms with Crippen LogP contribution >= 0.6 is 0 Å². The van der Waals surface area contributed by atoms with Crippen molar-refractivity contribution < 1.29 is 19.4 Å². The monoisotopic (exact) mass is 309 g/mol. The maximum absolute atomic E-state index is 11.8. The summed E-state index contributed by atoms with van der Waals surface area (Å²) in [6, 6.07) is 1.91. The van der Waals surface area contributed by atoms with E-state index in [9.17, 15) is 9.59 Å². The first-order valence-electron chi connectivity index (χ1n) is 7.57. The van der Waals surface area contributed by atoms with E-state index in [-0.39, 0.29) is 12.0 Å². The molecule has 1 amide bonds. The lowest BCUT2D eigenvalue weighted by molar-refractivity contribution is 0.0525. The van der Waals surface area contributed by atoms with Gasteiger partial charge in [0.25, 0.3) is 0 Å². The number of esters is 1. The summed E-state index contributed by atoms with van der Waals surface area (Å²) in [5.41, 5.74) is 1.47. The van der Waals surface area contributed by atoms with Crippen LogP contribution in [0.3, 0.4) is 0 Å². The van der Waals surface area contributed by atoms with Crippen LogP contribution in [-0.2, 0) is 11.3 Å². The second-order valence-electron chi connectivity index (χ2n) is 5.40.